The SMILES string of the molecule is CCSC1=NC=C(Br)S1(=O)=O. The Bertz CT molecular complexity index is 317. The molecule has 0 amide bonds. The van der Waals surface area contributed by atoms with Crippen molar-refractivity contribution < 1.29 is 8.42 Å². The zero-order chi connectivity index (χ0) is 8.48. The second-order valence-electron chi connectivity index (χ2n) is 1.76. The van der Waals surface area contributed by atoms with Crippen molar-refractivity contribution in [1.29, 1.82) is 0 Å². The van der Waals surface area contributed by atoms with Crippen LogP contribution in [0.5, 0.6) is 0 Å². The lowest BCUT2D eigenvalue weighted by molar-refractivity contribution is 0.615. The lowest BCUT2D eigenvalue weighted by Gasteiger charge is -1.96. The summed E-state index contributed by atoms with van der Waals surface area (Å²) in [5.74, 6) is 0.714. The van der Waals surface area contributed by atoms with E-state index < -0.39 is 9.84 Å². The van der Waals surface area contributed by atoms with E-state index in [0.717, 1.165) is 0 Å². The molecule has 1 aliphatic rings. The van der Waals surface area contributed by atoms with E-state index in [2.05, 4.69) is 20.9 Å². The highest BCUT2D eigenvalue weighted by Gasteiger charge is 2.27. The van der Waals surface area contributed by atoms with Crippen LogP contribution < -0.4 is 0 Å². The Hall–Kier alpha value is 0.190. The number of hydrogen-bond acceptors (Lipinski definition) is 4. The van der Waals surface area contributed by atoms with Gasteiger partial charge in [0, 0.05) is 0 Å². The van der Waals surface area contributed by atoms with Crippen LogP contribution in [-0.4, -0.2) is 18.5 Å². The Morgan fingerprint density at radius 2 is 2.36 bits per heavy atom. The third-order valence-corrected chi connectivity index (χ3v) is 5.35. The molecule has 0 saturated heterocycles. The van der Waals surface area contributed by atoms with Crippen molar-refractivity contribution in [2.45, 2.75) is 6.92 Å². The van der Waals surface area contributed by atoms with E-state index in [0.29, 0.717) is 5.75 Å². The Kier molecular flexibility index (Phi) is 2.77. The minimum atomic E-state index is -3.24. The minimum Gasteiger partial charge on any atom is -0.236 e. The standard InChI is InChI=1S/C5H6BrNO2S2/c1-2-10-5-7-3-4(6)11(5,8)9/h3H,2H2,1H3. The van der Waals surface area contributed by atoms with Crippen LogP contribution in [0.15, 0.2) is 15.0 Å². The smallest absolute Gasteiger partial charge is 0.236 e. The summed E-state index contributed by atoms with van der Waals surface area (Å²) in [5.41, 5.74) is 0. The van der Waals surface area contributed by atoms with Crippen LogP contribution in [-0.2, 0) is 9.84 Å². The molecule has 0 aromatic rings. The van der Waals surface area contributed by atoms with E-state index in [-0.39, 0.29) is 8.19 Å². The van der Waals surface area contributed by atoms with Gasteiger partial charge in [-0.15, -0.1) is 0 Å². The summed E-state index contributed by atoms with van der Waals surface area (Å²) in [5, 5.41) is 0. The van der Waals surface area contributed by atoms with Crippen molar-refractivity contribution in [3.05, 3.63) is 10.0 Å². The fourth-order valence-electron chi connectivity index (χ4n) is 0.564. The van der Waals surface area contributed by atoms with Gasteiger partial charge in [-0.2, -0.15) is 0 Å². The maximum absolute atomic E-state index is 11.2. The molecule has 0 aliphatic carbocycles. The summed E-state index contributed by atoms with van der Waals surface area (Å²) in [6.45, 7) is 1.88. The lowest BCUT2D eigenvalue weighted by atomic mass is 11.0. The number of nitrogens with zero attached hydrogens (tertiary/aromatic N) is 1. The normalized spacial score (nSPS) is 21.3. The molecule has 0 bridgehead atoms. The first kappa shape index (κ1) is 9.28. The molecule has 0 saturated carbocycles. The van der Waals surface area contributed by atoms with Crippen molar-refractivity contribution in [3.8, 4) is 0 Å². The van der Waals surface area contributed by atoms with Gasteiger partial charge in [-0.1, -0.05) is 18.7 Å². The van der Waals surface area contributed by atoms with E-state index >= 15 is 0 Å². The molecule has 0 aromatic heterocycles. The van der Waals surface area contributed by atoms with Gasteiger partial charge >= 0.3 is 0 Å². The van der Waals surface area contributed by atoms with Gasteiger partial charge in [-0.05, 0) is 21.7 Å². The Balaban J connectivity index is 2.93. The van der Waals surface area contributed by atoms with Gasteiger partial charge in [0.2, 0.25) is 9.84 Å². The molecule has 62 valence electrons. The predicted molar refractivity (Wildman–Crippen MR) is 51.5 cm³/mol. The summed E-state index contributed by atoms with van der Waals surface area (Å²) < 4.78 is 22.8. The van der Waals surface area contributed by atoms with Crippen LogP contribution in [0.25, 0.3) is 0 Å². The highest BCUT2D eigenvalue weighted by Crippen LogP contribution is 2.27. The summed E-state index contributed by atoms with van der Waals surface area (Å²) in [6.07, 6.45) is 1.31. The highest BCUT2D eigenvalue weighted by molar-refractivity contribution is 9.14. The van der Waals surface area contributed by atoms with Crippen LogP contribution in [0, 0.1) is 0 Å². The first-order valence-electron chi connectivity index (χ1n) is 2.90. The number of hydrogen-bond donors (Lipinski definition) is 0. The van der Waals surface area contributed by atoms with Crippen LogP contribution in [0.1, 0.15) is 6.92 Å². The minimum absolute atomic E-state index is 0.154. The fraction of sp³-hybridized carbons (Fsp3) is 0.400. The summed E-state index contributed by atoms with van der Waals surface area (Å²) >= 11 is 4.14. The first-order chi connectivity index (χ1) is 5.09. The Morgan fingerprint density at radius 3 is 2.73 bits per heavy atom. The zero-order valence-corrected chi connectivity index (χ0v) is 8.96. The number of thioether (sulfide) groups is 1. The van der Waals surface area contributed by atoms with Crippen molar-refractivity contribution in [2.24, 2.45) is 4.99 Å². The van der Waals surface area contributed by atoms with Gasteiger partial charge in [0.1, 0.15) is 3.81 Å². The quantitative estimate of drug-likeness (QED) is 0.717. The van der Waals surface area contributed by atoms with Crippen LogP contribution in [0.3, 0.4) is 0 Å². The monoisotopic (exact) mass is 255 g/mol. The van der Waals surface area contributed by atoms with Crippen LogP contribution in [0.2, 0.25) is 0 Å². The number of sulfone groups is 1. The van der Waals surface area contributed by atoms with Gasteiger partial charge in [0.05, 0.1) is 6.20 Å². The van der Waals surface area contributed by atoms with Gasteiger partial charge in [-0.25, -0.2) is 13.4 Å². The van der Waals surface area contributed by atoms with Gasteiger partial charge in [0.25, 0.3) is 0 Å². The van der Waals surface area contributed by atoms with E-state index in [1.54, 1.807) is 0 Å². The average Bonchev–Trinajstić information content (AvgIpc) is 2.16. The fourth-order valence-corrected chi connectivity index (χ4v) is 3.62. The topological polar surface area (TPSA) is 46.5 Å². The molecule has 1 heterocycles. The predicted octanol–water partition coefficient (Wildman–Crippen LogP) is 1.72. The molecule has 6 heteroatoms. The third kappa shape index (κ3) is 1.68. The molecule has 0 radical (unpaired) electrons. The highest BCUT2D eigenvalue weighted by atomic mass is 79.9. The largest absolute Gasteiger partial charge is 0.238 e. The summed E-state index contributed by atoms with van der Waals surface area (Å²) in [7, 11) is -3.24. The average molecular weight is 256 g/mol. The van der Waals surface area contributed by atoms with Crippen molar-refractivity contribution in [1.82, 2.24) is 0 Å². The van der Waals surface area contributed by atoms with Gasteiger partial charge < -0.3 is 0 Å². The van der Waals surface area contributed by atoms with E-state index in [1.807, 2.05) is 6.92 Å². The zero-order valence-electron chi connectivity index (χ0n) is 5.74. The molecular formula is C5H6BrNO2S2. The second kappa shape index (κ2) is 3.28. The molecule has 3 nitrogen and oxygen atoms in total. The Morgan fingerprint density at radius 1 is 1.73 bits per heavy atom. The van der Waals surface area contributed by atoms with E-state index in [1.165, 1.54) is 18.0 Å². The summed E-state index contributed by atoms with van der Waals surface area (Å²) in [4.78, 5) is 3.74. The van der Waals surface area contributed by atoms with Gasteiger partial charge in [-0.3, -0.25) is 0 Å². The summed E-state index contributed by atoms with van der Waals surface area (Å²) in [6, 6.07) is 0. The molecule has 0 N–H and O–H groups in total. The van der Waals surface area contributed by atoms with Crippen LogP contribution >= 0.6 is 27.7 Å². The number of halogens is 1. The lowest BCUT2D eigenvalue weighted by Crippen LogP contribution is -2.06. The Labute approximate surface area is 78.0 Å². The number of aliphatic imine (C=N–C) groups is 1. The molecule has 0 unspecified atom stereocenters. The molecule has 1 rings (SSSR count). The third-order valence-electron chi connectivity index (χ3n) is 1.03. The van der Waals surface area contributed by atoms with Crippen molar-refractivity contribution in [3.63, 3.8) is 0 Å². The molecule has 11 heavy (non-hydrogen) atoms. The molecule has 0 spiro atoms. The second-order valence-corrected chi connectivity index (χ2v) is 6.49. The maximum atomic E-state index is 11.2. The van der Waals surface area contributed by atoms with Crippen LogP contribution in [0.4, 0.5) is 0 Å². The van der Waals surface area contributed by atoms with E-state index in [9.17, 15) is 8.42 Å². The maximum Gasteiger partial charge on any atom is 0.238 e. The molecular weight excluding hydrogens is 250 g/mol. The molecule has 0 atom stereocenters. The van der Waals surface area contributed by atoms with Gasteiger partial charge in [0.15, 0.2) is 4.38 Å². The molecule has 1 aliphatic heterocycles. The first-order valence-corrected chi connectivity index (χ1v) is 6.16. The van der Waals surface area contributed by atoms with Crippen molar-refractivity contribution >= 4 is 41.9 Å². The van der Waals surface area contributed by atoms with Crippen molar-refractivity contribution in [2.75, 3.05) is 5.75 Å². The van der Waals surface area contributed by atoms with E-state index in [4.69, 9.17) is 0 Å². The molecule has 0 aromatic carbocycles. The number of rotatable bonds is 1. The molecule has 0 fully saturated rings.